The number of rotatable bonds is 5. The highest BCUT2D eigenvalue weighted by molar-refractivity contribution is 6.33. The van der Waals surface area contributed by atoms with Gasteiger partial charge in [0.15, 0.2) is 0 Å². The summed E-state index contributed by atoms with van der Waals surface area (Å²) in [6.07, 6.45) is 1.22. The van der Waals surface area contributed by atoms with E-state index < -0.39 is 0 Å². The lowest BCUT2D eigenvalue weighted by Gasteiger charge is -2.39. The van der Waals surface area contributed by atoms with E-state index in [0.29, 0.717) is 12.1 Å². The molecule has 0 bridgehead atoms. The van der Waals surface area contributed by atoms with Gasteiger partial charge in [-0.2, -0.15) is 0 Å². The van der Waals surface area contributed by atoms with Gasteiger partial charge in [-0.25, -0.2) is 0 Å². The van der Waals surface area contributed by atoms with Crippen molar-refractivity contribution < 1.29 is 0 Å². The maximum atomic E-state index is 6.51. The highest BCUT2D eigenvalue weighted by Gasteiger charge is 2.21. The normalized spacial score (nSPS) is 19.6. The van der Waals surface area contributed by atoms with E-state index in [1.807, 2.05) is 7.05 Å². The third kappa shape index (κ3) is 3.91. The van der Waals surface area contributed by atoms with E-state index >= 15 is 0 Å². The van der Waals surface area contributed by atoms with E-state index in [2.05, 4.69) is 54.1 Å². The van der Waals surface area contributed by atoms with Gasteiger partial charge >= 0.3 is 0 Å². The highest BCUT2D eigenvalue weighted by Crippen LogP contribution is 2.30. The summed E-state index contributed by atoms with van der Waals surface area (Å²) in [5.74, 6) is 0. The van der Waals surface area contributed by atoms with Crippen molar-refractivity contribution in [1.82, 2.24) is 10.2 Å². The Hall–Kier alpha value is -0.770. The van der Waals surface area contributed by atoms with Crippen LogP contribution in [0.25, 0.3) is 0 Å². The molecule has 1 aliphatic heterocycles. The molecule has 1 fully saturated rings. The zero-order valence-electron chi connectivity index (χ0n) is 13.7. The molecule has 4 heteroatoms. The maximum Gasteiger partial charge on any atom is 0.0642 e. The number of hydrogen-bond acceptors (Lipinski definition) is 3. The van der Waals surface area contributed by atoms with Crippen LogP contribution >= 0.6 is 11.6 Å². The lowest BCUT2D eigenvalue weighted by molar-refractivity contribution is 0.193. The van der Waals surface area contributed by atoms with E-state index in [1.165, 1.54) is 17.7 Å². The minimum Gasteiger partial charge on any atom is -0.368 e. The molecule has 1 saturated heterocycles. The van der Waals surface area contributed by atoms with Gasteiger partial charge in [-0.3, -0.25) is 4.90 Å². The van der Waals surface area contributed by atoms with E-state index in [4.69, 9.17) is 11.6 Å². The first-order valence-corrected chi connectivity index (χ1v) is 8.40. The van der Waals surface area contributed by atoms with E-state index in [0.717, 1.165) is 31.2 Å². The van der Waals surface area contributed by atoms with Crippen molar-refractivity contribution >= 4 is 17.3 Å². The minimum atomic E-state index is 0.332. The smallest absolute Gasteiger partial charge is 0.0642 e. The fourth-order valence-corrected chi connectivity index (χ4v) is 3.19. The van der Waals surface area contributed by atoms with Crippen LogP contribution in [0.4, 0.5) is 5.69 Å². The summed E-state index contributed by atoms with van der Waals surface area (Å²) in [6, 6.07) is 7.47. The summed E-state index contributed by atoms with van der Waals surface area (Å²) in [6.45, 7) is 11.1. The lowest BCUT2D eigenvalue weighted by Crippen LogP contribution is -2.49. The van der Waals surface area contributed by atoms with Crippen LogP contribution in [0.15, 0.2) is 18.2 Å². The molecule has 118 valence electrons. The summed E-state index contributed by atoms with van der Waals surface area (Å²) in [5, 5.41) is 4.12. The summed E-state index contributed by atoms with van der Waals surface area (Å²) < 4.78 is 0. The Bertz CT molecular complexity index is 455. The van der Waals surface area contributed by atoms with Crippen LogP contribution in [-0.2, 0) is 0 Å². The Kier molecular flexibility index (Phi) is 5.91. The minimum absolute atomic E-state index is 0.332. The fraction of sp³-hybridized carbons (Fsp3) is 0.647. The topological polar surface area (TPSA) is 18.5 Å². The predicted octanol–water partition coefficient (Wildman–Crippen LogP) is 3.54. The van der Waals surface area contributed by atoms with Gasteiger partial charge in [0.05, 0.1) is 10.7 Å². The van der Waals surface area contributed by atoms with Crippen LogP contribution < -0.4 is 10.2 Å². The van der Waals surface area contributed by atoms with Crippen molar-refractivity contribution in [3.8, 4) is 0 Å². The number of halogens is 1. The molecule has 0 aliphatic carbocycles. The van der Waals surface area contributed by atoms with Crippen LogP contribution in [0, 0.1) is 0 Å². The average molecular weight is 310 g/mol. The first-order chi connectivity index (χ1) is 10.1. The Morgan fingerprint density at radius 2 is 1.86 bits per heavy atom. The van der Waals surface area contributed by atoms with Crippen molar-refractivity contribution in [2.75, 3.05) is 38.1 Å². The van der Waals surface area contributed by atoms with E-state index in [1.54, 1.807) is 0 Å². The Morgan fingerprint density at radius 3 is 2.38 bits per heavy atom. The molecule has 1 aromatic carbocycles. The van der Waals surface area contributed by atoms with Gasteiger partial charge in [-0.1, -0.05) is 24.6 Å². The van der Waals surface area contributed by atoms with Gasteiger partial charge in [0.1, 0.15) is 0 Å². The summed E-state index contributed by atoms with van der Waals surface area (Å²) in [7, 11) is 1.97. The predicted molar refractivity (Wildman–Crippen MR) is 92.5 cm³/mol. The molecule has 0 radical (unpaired) electrons. The van der Waals surface area contributed by atoms with Gasteiger partial charge in [0.2, 0.25) is 0 Å². The Balaban J connectivity index is 2.03. The molecule has 2 rings (SSSR count). The van der Waals surface area contributed by atoms with Gasteiger partial charge in [-0.05, 0) is 45.0 Å². The molecular formula is C17H28ClN3. The van der Waals surface area contributed by atoms with Gasteiger partial charge in [-0.15, -0.1) is 0 Å². The summed E-state index contributed by atoms with van der Waals surface area (Å²) in [4.78, 5) is 4.98. The molecule has 0 aromatic heterocycles. The fourth-order valence-electron chi connectivity index (χ4n) is 2.88. The van der Waals surface area contributed by atoms with Crippen molar-refractivity contribution in [2.24, 2.45) is 0 Å². The number of nitrogens with zero attached hydrogens (tertiary/aromatic N) is 2. The third-order valence-electron chi connectivity index (χ3n) is 4.77. The second kappa shape index (κ2) is 7.48. The Labute approximate surface area is 134 Å². The maximum absolute atomic E-state index is 6.51. The SMILES string of the molecule is CCC(C)N1CCN(c2ccc(C(C)NC)cc2Cl)CC1. The number of anilines is 1. The molecule has 2 unspecified atom stereocenters. The van der Waals surface area contributed by atoms with Crippen molar-refractivity contribution in [2.45, 2.75) is 39.3 Å². The molecule has 0 amide bonds. The van der Waals surface area contributed by atoms with Gasteiger partial charge in [0, 0.05) is 38.3 Å². The Morgan fingerprint density at radius 1 is 1.19 bits per heavy atom. The molecule has 0 saturated carbocycles. The molecule has 1 aliphatic rings. The summed E-state index contributed by atoms with van der Waals surface area (Å²) >= 11 is 6.51. The van der Waals surface area contributed by atoms with Gasteiger partial charge in [0.25, 0.3) is 0 Å². The molecule has 2 atom stereocenters. The largest absolute Gasteiger partial charge is 0.368 e. The molecule has 0 spiro atoms. The molecule has 1 aromatic rings. The number of hydrogen-bond donors (Lipinski definition) is 1. The van der Waals surface area contributed by atoms with Crippen LogP contribution in [0.3, 0.4) is 0 Å². The second-order valence-corrected chi connectivity index (χ2v) is 6.41. The molecular weight excluding hydrogens is 282 g/mol. The lowest BCUT2D eigenvalue weighted by atomic mass is 10.1. The number of nitrogens with one attached hydrogen (secondary N) is 1. The average Bonchev–Trinajstić information content (AvgIpc) is 2.53. The van der Waals surface area contributed by atoms with Crippen molar-refractivity contribution in [1.29, 1.82) is 0 Å². The number of piperazine rings is 1. The highest BCUT2D eigenvalue weighted by atomic mass is 35.5. The third-order valence-corrected chi connectivity index (χ3v) is 5.08. The van der Waals surface area contributed by atoms with Crippen LogP contribution in [-0.4, -0.2) is 44.2 Å². The van der Waals surface area contributed by atoms with Crippen molar-refractivity contribution in [3.63, 3.8) is 0 Å². The first-order valence-electron chi connectivity index (χ1n) is 8.02. The van der Waals surface area contributed by atoms with E-state index in [-0.39, 0.29) is 0 Å². The molecule has 1 N–H and O–H groups in total. The monoisotopic (exact) mass is 309 g/mol. The zero-order chi connectivity index (χ0) is 15.4. The summed E-state index contributed by atoms with van der Waals surface area (Å²) in [5.41, 5.74) is 2.41. The van der Waals surface area contributed by atoms with E-state index in [9.17, 15) is 0 Å². The molecule has 1 heterocycles. The van der Waals surface area contributed by atoms with Crippen LogP contribution in [0.1, 0.15) is 38.8 Å². The van der Waals surface area contributed by atoms with Gasteiger partial charge < -0.3 is 10.2 Å². The number of benzene rings is 1. The van der Waals surface area contributed by atoms with Crippen LogP contribution in [0.2, 0.25) is 5.02 Å². The zero-order valence-corrected chi connectivity index (χ0v) is 14.5. The molecule has 21 heavy (non-hydrogen) atoms. The molecule has 3 nitrogen and oxygen atoms in total. The standard InChI is InChI=1S/C17H28ClN3/c1-5-13(2)20-8-10-21(11-9-20)17-7-6-15(12-16(17)18)14(3)19-4/h6-7,12-14,19H,5,8-11H2,1-4H3. The second-order valence-electron chi connectivity index (χ2n) is 6.00. The van der Waals surface area contributed by atoms with Crippen molar-refractivity contribution in [3.05, 3.63) is 28.8 Å². The van der Waals surface area contributed by atoms with Crippen LogP contribution in [0.5, 0.6) is 0 Å². The first kappa shape index (κ1) is 16.6. The quantitative estimate of drug-likeness (QED) is 0.897.